The van der Waals surface area contributed by atoms with Crippen molar-refractivity contribution in [1.29, 1.82) is 0 Å². The van der Waals surface area contributed by atoms with Gasteiger partial charge in [0.2, 0.25) is 0 Å². The summed E-state index contributed by atoms with van der Waals surface area (Å²) in [6.45, 7) is 4.29. The second-order valence-electron chi connectivity index (χ2n) is 8.52. The van der Waals surface area contributed by atoms with Gasteiger partial charge in [-0.1, -0.05) is 30.3 Å². The third-order valence-electron chi connectivity index (χ3n) is 6.36. The molecule has 1 aliphatic rings. The first kappa shape index (κ1) is 21.4. The quantitative estimate of drug-likeness (QED) is 0.461. The molecular formula is C24H29N9. The minimum Gasteiger partial charge on any atom is -0.351 e. The number of anilines is 1. The van der Waals surface area contributed by atoms with E-state index in [0.29, 0.717) is 18.8 Å². The Kier molecular flexibility index (Phi) is 5.76. The van der Waals surface area contributed by atoms with Crippen molar-refractivity contribution >= 4 is 11.5 Å². The normalized spacial score (nSPS) is 16.8. The van der Waals surface area contributed by atoms with E-state index in [1.807, 2.05) is 59.4 Å². The summed E-state index contributed by atoms with van der Waals surface area (Å²) < 4.78 is 2.04. The number of hydrogen-bond donors (Lipinski definition) is 2. The third kappa shape index (κ3) is 3.95. The highest BCUT2D eigenvalue weighted by atomic mass is 15.3. The van der Waals surface area contributed by atoms with Crippen LogP contribution in [0.2, 0.25) is 0 Å². The zero-order valence-electron chi connectivity index (χ0n) is 18.8. The van der Waals surface area contributed by atoms with Crippen LogP contribution in [0, 0.1) is 0 Å². The van der Waals surface area contributed by atoms with E-state index in [2.05, 4.69) is 26.8 Å². The highest BCUT2D eigenvalue weighted by Crippen LogP contribution is 2.30. The van der Waals surface area contributed by atoms with Gasteiger partial charge in [-0.15, -0.1) is 0 Å². The van der Waals surface area contributed by atoms with Gasteiger partial charge in [-0.05, 0) is 31.6 Å². The summed E-state index contributed by atoms with van der Waals surface area (Å²) in [5.74, 6) is 1.44. The van der Waals surface area contributed by atoms with Crippen molar-refractivity contribution in [2.45, 2.75) is 12.0 Å². The fraction of sp³-hybridized carbons (Fsp3) is 0.333. The highest BCUT2D eigenvalue weighted by molar-refractivity contribution is 5.70. The van der Waals surface area contributed by atoms with Crippen LogP contribution in [0.15, 0.2) is 61.2 Å². The van der Waals surface area contributed by atoms with Crippen LogP contribution in [-0.4, -0.2) is 69.0 Å². The van der Waals surface area contributed by atoms with Gasteiger partial charge < -0.3 is 21.3 Å². The van der Waals surface area contributed by atoms with Crippen LogP contribution in [0.25, 0.3) is 17.0 Å². The minimum atomic E-state index is -0.876. The molecule has 1 aliphatic heterocycles. The molecule has 0 radical (unpaired) electrons. The van der Waals surface area contributed by atoms with Crippen LogP contribution in [0.5, 0.6) is 0 Å². The molecule has 1 atom stereocenters. The topological polar surface area (TPSA) is 114 Å². The molecule has 4 aromatic rings. The maximum atomic E-state index is 6.87. The standard InChI is InChI=1S/C24H29N9/c1-31-13-15-32(16-14-31)21-22-29-17-20(33(22)12-11-27-21)19-7-10-28-23(30-19)24(26,8-9-25)18-5-3-2-4-6-18/h2-7,10-12,17H,8-9,13-16,25-26H2,1H3. The molecular weight excluding hydrogens is 414 g/mol. The van der Waals surface area contributed by atoms with Gasteiger partial charge in [0.25, 0.3) is 0 Å². The molecule has 1 unspecified atom stereocenters. The Hall–Kier alpha value is -3.40. The maximum Gasteiger partial charge on any atom is 0.180 e. The molecule has 0 amide bonds. The minimum absolute atomic E-state index is 0.425. The number of rotatable bonds is 6. The van der Waals surface area contributed by atoms with Gasteiger partial charge in [-0.3, -0.25) is 4.40 Å². The number of benzene rings is 1. The molecule has 1 fully saturated rings. The van der Waals surface area contributed by atoms with Gasteiger partial charge in [0.1, 0.15) is 5.54 Å². The van der Waals surface area contributed by atoms with Gasteiger partial charge in [0.15, 0.2) is 17.3 Å². The monoisotopic (exact) mass is 443 g/mol. The van der Waals surface area contributed by atoms with E-state index in [1.54, 1.807) is 6.20 Å². The predicted molar refractivity (Wildman–Crippen MR) is 129 cm³/mol. The van der Waals surface area contributed by atoms with Crippen LogP contribution in [0.1, 0.15) is 17.8 Å². The Bertz CT molecular complexity index is 1230. The lowest BCUT2D eigenvalue weighted by Gasteiger charge is -2.33. The van der Waals surface area contributed by atoms with E-state index >= 15 is 0 Å². The van der Waals surface area contributed by atoms with Gasteiger partial charge in [-0.2, -0.15) is 0 Å². The average molecular weight is 444 g/mol. The summed E-state index contributed by atoms with van der Waals surface area (Å²) in [5, 5.41) is 0. The molecule has 0 bridgehead atoms. The van der Waals surface area contributed by atoms with Crippen LogP contribution in [0.3, 0.4) is 0 Å². The summed E-state index contributed by atoms with van der Waals surface area (Å²) >= 11 is 0. The van der Waals surface area contributed by atoms with Gasteiger partial charge >= 0.3 is 0 Å². The van der Waals surface area contributed by atoms with Gasteiger partial charge in [0, 0.05) is 44.8 Å². The number of piperazine rings is 1. The first-order valence-electron chi connectivity index (χ1n) is 11.2. The first-order valence-corrected chi connectivity index (χ1v) is 11.2. The fourth-order valence-electron chi connectivity index (χ4n) is 4.40. The second kappa shape index (κ2) is 8.86. The molecule has 33 heavy (non-hydrogen) atoms. The smallest absolute Gasteiger partial charge is 0.180 e. The van der Waals surface area contributed by atoms with Crippen LogP contribution < -0.4 is 16.4 Å². The average Bonchev–Trinajstić information content (AvgIpc) is 3.30. The van der Waals surface area contributed by atoms with E-state index in [4.69, 9.17) is 21.4 Å². The summed E-state index contributed by atoms with van der Waals surface area (Å²) in [6, 6.07) is 11.8. The van der Waals surface area contributed by atoms with Crippen molar-refractivity contribution < 1.29 is 0 Å². The molecule has 0 saturated carbocycles. The number of likely N-dealkylation sites (N-methyl/N-ethyl adjacent to an activating group) is 1. The number of hydrogen-bond acceptors (Lipinski definition) is 8. The zero-order valence-corrected chi connectivity index (χ0v) is 18.8. The van der Waals surface area contributed by atoms with E-state index in [0.717, 1.165) is 54.6 Å². The van der Waals surface area contributed by atoms with Crippen molar-refractivity contribution in [3.8, 4) is 11.4 Å². The lowest BCUT2D eigenvalue weighted by Crippen LogP contribution is -2.45. The van der Waals surface area contributed by atoms with E-state index in [1.165, 1.54) is 0 Å². The number of aromatic nitrogens is 5. The molecule has 4 heterocycles. The molecule has 0 spiro atoms. The Balaban J connectivity index is 1.55. The molecule has 1 aromatic carbocycles. The lowest BCUT2D eigenvalue weighted by atomic mass is 9.86. The Morgan fingerprint density at radius 3 is 2.52 bits per heavy atom. The third-order valence-corrected chi connectivity index (χ3v) is 6.36. The molecule has 5 rings (SSSR count). The van der Waals surface area contributed by atoms with E-state index in [-0.39, 0.29) is 0 Å². The molecule has 1 saturated heterocycles. The van der Waals surface area contributed by atoms with Crippen molar-refractivity contribution in [1.82, 2.24) is 29.2 Å². The van der Waals surface area contributed by atoms with Crippen molar-refractivity contribution in [3.63, 3.8) is 0 Å². The number of nitrogens with two attached hydrogens (primary N) is 2. The van der Waals surface area contributed by atoms with Gasteiger partial charge in [-0.25, -0.2) is 19.9 Å². The van der Waals surface area contributed by atoms with Crippen LogP contribution >= 0.6 is 0 Å². The number of fused-ring (bicyclic) bond motifs is 1. The fourth-order valence-corrected chi connectivity index (χ4v) is 4.40. The Labute approximate surface area is 193 Å². The van der Waals surface area contributed by atoms with Gasteiger partial charge in [0.05, 0.1) is 17.6 Å². The predicted octanol–water partition coefficient (Wildman–Crippen LogP) is 1.49. The van der Waals surface area contributed by atoms with Crippen LogP contribution in [0.4, 0.5) is 5.82 Å². The molecule has 3 aromatic heterocycles. The highest BCUT2D eigenvalue weighted by Gasteiger charge is 2.32. The summed E-state index contributed by atoms with van der Waals surface area (Å²) in [6.07, 6.45) is 7.86. The maximum absolute atomic E-state index is 6.87. The first-order chi connectivity index (χ1) is 16.1. The Morgan fingerprint density at radius 2 is 1.76 bits per heavy atom. The molecule has 9 nitrogen and oxygen atoms in total. The summed E-state index contributed by atoms with van der Waals surface area (Å²) in [4.78, 5) is 23.4. The SMILES string of the molecule is CN1CCN(c2nccn3c(-c4ccnc(C(N)(CCN)c5ccccc5)n4)cnc23)CC1. The Morgan fingerprint density at radius 1 is 0.970 bits per heavy atom. The van der Waals surface area contributed by atoms with Crippen molar-refractivity contribution in [2.75, 3.05) is 44.7 Å². The van der Waals surface area contributed by atoms with Crippen molar-refractivity contribution in [3.05, 3.63) is 72.6 Å². The lowest BCUT2D eigenvalue weighted by molar-refractivity contribution is 0.312. The molecule has 4 N–H and O–H groups in total. The largest absolute Gasteiger partial charge is 0.351 e. The van der Waals surface area contributed by atoms with E-state index < -0.39 is 5.54 Å². The molecule has 170 valence electrons. The van der Waals surface area contributed by atoms with Crippen LogP contribution in [-0.2, 0) is 5.54 Å². The van der Waals surface area contributed by atoms with Crippen molar-refractivity contribution in [2.24, 2.45) is 11.5 Å². The zero-order chi connectivity index (χ0) is 22.8. The summed E-state index contributed by atoms with van der Waals surface area (Å²) in [5.41, 5.74) is 15.3. The number of nitrogens with zero attached hydrogens (tertiary/aromatic N) is 7. The number of imidazole rings is 1. The summed E-state index contributed by atoms with van der Waals surface area (Å²) in [7, 11) is 2.14. The van der Waals surface area contributed by atoms with E-state index in [9.17, 15) is 0 Å². The second-order valence-corrected chi connectivity index (χ2v) is 8.52. The molecule has 0 aliphatic carbocycles. The molecule has 9 heteroatoms.